The van der Waals surface area contributed by atoms with Crippen LogP contribution in [0.25, 0.3) is 0 Å². The SMILES string of the molecule is CN=C(NCCCCC(F)(F)F)N1CCSC(C(C)C)C1.I. The summed E-state index contributed by atoms with van der Waals surface area (Å²) in [5.74, 6) is 2.49. The molecule has 0 aliphatic carbocycles. The Labute approximate surface area is 152 Å². The van der Waals surface area contributed by atoms with Crippen LogP contribution in [-0.4, -0.2) is 54.7 Å². The van der Waals surface area contributed by atoms with Gasteiger partial charge in [0.25, 0.3) is 0 Å². The maximum absolute atomic E-state index is 12.1. The van der Waals surface area contributed by atoms with E-state index in [0.717, 1.165) is 24.8 Å². The predicted octanol–water partition coefficient (Wildman–Crippen LogP) is 3.99. The summed E-state index contributed by atoms with van der Waals surface area (Å²) in [7, 11) is 1.73. The molecular formula is C14H27F3IN3S. The minimum Gasteiger partial charge on any atom is -0.356 e. The number of nitrogens with zero attached hydrogens (tertiary/aromatic N) is 2. The second kappa shape index (κ2) is 10.8. The first kappa shape index (κ1) is 22.1. The Morgan fingerprint density at radius 1 is 1.36 bits per heavy atom. The molecule has 8 heteroatoms. The molecule has 0 radical (unpaired) electrons. The molecule has 3 nitrogen and oxygen atoms in total. The lowest BCUT2D eigenvalue weighted by molar-refractivity contribution is -0.135. The topological polar surface area (TPSA) is 27.6 Å². The van der Waals surface area contributed by atoms with Crippen molar-refractivity contribution in [1.82, 2.24) is 10.2 Å². The Hall–Kier alpha value is 0.140. The largest absolute Gasteiger partial charge is 0.389 e. The number of nitrogens with one attached hydrogen (secondary N) is 1. The van der Waals surface area contributed by atoms with Gasteiger partial charge in [0.1, 0.15) is 0 Å². The molecule has 1 aliphatic heterocycles. The first-order chi connectivity index (χ1) is 9.83. The van der Waals surface area contributed by atoms with E-state index in [-0.39, 0.29) is 30.4 Å². The molecular weight excluding hydrogens is 426 g/mol. The fourth-order valence-electron chi connectivity index (χ4n) is 2.25. The Morgan fingerprint density at radius 2 is 2.05 bits per heavy atom. The molecule has 1 N–H and O–H groups in total. The van der Waals surface area contributed by atoms with Crippen LogP contribution in [0.3, 0.4) is 0 Å². The summed E-state index contributed by atoms with van der Waals surface area (Å²) in [5.41, 5.74) is 0. The molecule has 132 valence electrons. The maximum atomic E-state index is 12.1. The van der Waals surface area contributed by atoms with E-state index in [0.29, 0.717) is 24.1 Å². The standard InChI is InChI=1S/C14H26F3N3S.HI/c1-11(2)12-10-20(8-9-21-12)13(18-3)19-7-5-4-6-14(15,16)17;/h11-12H,4-10H2,1-3H3,(H,18,19);1H. The predicted molar refractivity (Wildman–Crippen MR) is 99.3 cm³/mol. The van der Waals surface area contributed by atoms with Crippen molar-refractivity contribution < 1.29 is 13.2 Å². The molecule has 1 rings (SSSR count). The number of unbranched alkanes of at least 4 members (excludes halogenated alkanes) is 1. The Morgan fingerprint density at radius 3 is 2.59 bits per heavy atom. The van der Waals surface area contributed by atoms with E-state index in [4.69, 9.17) is 0 Å². The normalized spacial score (nSPS) is 20.0. The van der Waals surface area contributed by atoms with Gasteiger partial charge in [0.05, 0.1) is 0 Å². The van der Waals surface area contributed by atoms with Crippen LogP contribution >= 0.6 is 35.7 Å². The Kier molecular flexibility index (Phi) is 10.9. The lowest BCUT2D eigenvalue weighted by Crippen LogP contribution is -2.49. The Bertz CT molecular complexity index is 338. The highest BCUT2D eigenvalue weighted by atomic mass is 127. The fourth-order valence-corrected chi connectivity index (χ4v) is 3.55. The number of aliphatic imine (C=N–C) groups is 1. The molecule has 0 spiro atoms. The molecule has 1 saturated heterocycles. The first-order valence-corrected chi connectivity index (χ1v) is 8.52. The van der Waals surface area contributed by atoms with Gasteiger partial charge < -0.3 is 10.2 Å². The summed E-state index contributed by atoms with van der Waals surface area (Å²) >= 11 is 1.99. The molecule has 0 saturated carbocycles. The molecule has 1 aliphatic rings. The molecule has 0 amide bonds. The maximum Gasteiger partial charge on any atom is 0.389 e. The van der Waals surface area contributed by atoms with Crippen molar-refractivity contribution in [3.63, 3.8) is 0 Å². The highest BCUT2D eigenvalue weighted by Gasteiger charge is 2.26. The van der Waals surface area contributed by atoms with Gasteiger partial charge in [-0.15, -0.1) is 24.0 Å². The second-order valence-electron chi connectivity index (χ2n) is 5.65. The smallest absolute Gasteiger partial charge is 0.356 e. The molecule has 1 fully saturated rings. The highest BCUT2D eigenvalue weighted by molar-refractivity contribution is 14.0. The van der Waals surface area contributed by atoms with Gasteiger partial charge in [-0.2, -0.15) is 24.9 Å². The number of guanidine groups is 1. The summed E-state index contributed by atoms with van der Waals surface area (Å²) < 4.78 is 36.2. The molecule has 22 heavy (non-hydrogen) atoms. The van der Waals surface area contributed by atoms with Crippen LogP contribution in [-0.2, 0) is 0 Å². The zero-order valence-electron chi connectivity index (χ0n) is 13.4. The zero-order chi connectivity index (χ0) is 15.9. The van der Waals surface area contributed by atoms with Crippen molar-refractivity contribution in [3.05, 3.63) is 0 Å². The van der Waals surface area contributed by atoms with Crippen LogP contribution < -0.4 is 5.32 Å². The van der Waals surface area contributed by atoms with Gasteiger partial charge in [-0.25, -0.2) is 0 Å². The number of hydrogen-bond donors (Lipinski definition) is 1. The van der Waals surface area contributed by atoms with E-state index < -0.39 is 12.6 Å². The van der Waals surface area contributed by atoms with Crippen LogP contribution in [0.15, 0.2) is 4.99 Å². The van der Waals surface area contributed by atoms with Crippen molar-refractivity contribution in [2.45, 2.75) is 44.5 Å². The third kappa shape index (κ3) is 8.69. The van der Waals surface area contributed by atoms with E-state index in [1.54, 1.807) is 7.05 Å². The molecule has 0 aromatic carbocycles. The third-order valence-electron chi connectivity index (χ3n) is 3.52. The number of halogens is 4. The highest BCUT2D eigenvalue weighted by Crippen LogP contribution is 2.25. The number of alkyl halides is 3. The summed E-state index contributed by atoms with van der Waals surface area (Å²) in [6.07, 6.45) is -4.08. The second-order valence-corrected chi connectivity index (χ2v) is 6.99. The summed E-state index contributed by atoms with van der Waals surface area (Å²) in [4.78, 5) is 6.47. The van der Waals surface area contributed by atoms with Crippen LogP contribution in [0.5, 0.6) is 0 Å². The van der Waals surface area contributed by atoms with Gasteiger partial charge in [0.2, 0.25) is 0 Å². The lowest BCUT2D eigenvalue weighted by Gasteiger charge is -2.36. The minimum atomic E-state index is -4.05. The van der Waals surface area contributed by atoms with Gasteiger partial charge in [0, 0.05) is 44.1 Å². The number of hydrogen-bond acceptors (Lipinski definition) is 2. The quantitative estimate of drug-likeness (QED) is 0.295. The number of thioether (sulfide) groups is 1. The zero-order valence-corrected chi connectivity index (χ0v) is 16.6. The van der Waals surface area contributed by atoms with Gasteiger partial charge in [-0.05, 0) is 18.8 Å². The molecule has 1 heterocycles. The monoisotopic (exact) mass is 453 g/mol. The van der Waals surface area contributed by atoms with E-state index in [1.165, 1.54) is 0 Å². The van der Waals surface area contributed by atoms with E-state index in [9.17, 15) is 13.2 Å². The van der Waals surface area contributed by atoms with E-state index in [1.807, 2.05) is 11.8 Å². The minimum absolute atomic E-state index is 0. The molecule has 1 atom stereocenters. The van der Waals surface area contributed by atoms with E-state index >= 15 is 0 Å². The summed E-state index contributed by atoms with van der Waals surface area (Å²) in [6, 6.07) is 0. The van der Waals surface area contributed by atoms with Crippen LogP contribution in [0.2, 0.25) is 0 Å². The van der Waals surface area contributed by atoms with Crippen molar-refractivity contribution >= 4 is 41.7 Å². The first-order valence-electron chi connectivity index (χ1n) is 7.47. The molecule has 1 unspecified atom stereocenters. The van der Waals surface area contributed by atoms with Gasteiger partial charge >= 0.3 is 6.18 Å². The molecule has 0 aromatic rings. The van der Waals surface area contributed by atoms with Crippen molar-refractivity contribution in [2.24, 2.45) is 10.9 Å². The third-order valence-corrected chi connectivity index (χ3v) is 5.06. The number of rotatable bonds is 5. The molecule has 0 bridgehead atoms. The van der Waals surface area contributed by atoms with E-state index in [2.05, 4.69) is 29.1 Å². The average molecular weight is 453 g/mol. The summed E-state index contributed by atoms with van der Waals surface area (Å²) in [5, 5.41) is 3.77. The Balaban J connectivity index is 0.00000441. The summed E-state index contributed by atoms with van der Waals surface area (Å²) in [6.45, 7) is 6.86. The molecule has 0 aromatic heterocycles. The van der Waals surface area contributed by atoms with Crippen LogP contribution in [0, 0.1) is 5.92 Å². The van der Waals surface area contributed by atoms with Crippen LogP contribution in [0.4, 0.5) is 13.2 Å². The van der Waals surface area contributed by atoms with Gasteiger partial charge in [-0.3, -0.25) is 4.99 Å². The van der Waals surface area contributed by atoms with Gasteiger partial charge in [-0.1, -0.05) is 13.8 Å². The van der Waals surface area contributed by atoms with Gasteiger partial charge in [0.15, 0.2) is 5.96 Å². The lowest BCUT2D eigenvalue weighted by atomic mass is 10.1. The fraction of sp³-hybridized carbons (Fsp3) is 0.929. The average Bonchev–Trinajstić information content (AvgIpc) is 2.41. The van der Waals surface area contributed by atoms with Crippen molar-refractivity contribution in [3.8, 4) is 0 Å². The van der Waals surface area contributed by atoms with Crippen molar-refractivity contribution in [2.75, 3.05) is 32.4 Å². The van der Waals surface area contributed by atoms with Crippen molar-refractivity contribution in [1.29, 1.82) is 0 Å². The van der Waals surface area contributed by atoms with Crippen LogP contribution in [0.1, 0.15) is 33.1 Å².